The van der Waals surface area contributed by atoms with E-state index in [1.54, 1.807) is 11.3 Å². The van der Waals surface area contributed by atoms with E-state index in [4.69, 9.17) is 0 Å². The van der Waals surface area contributed by atoms with Crippen molar-refractivity contribution in [2.24, 2.45) is 0 Å². The Labute approximate surface area is 132 Å². The smallest absolute Gasteiger partial charge is 0.224 e. The molecule has 1 aromatic heterocycles. The molecule has 0 aliphatic heterocycles. The molecule has 1 amide bonds. The van der Waals surface area contributed by atoms with Gasteiger partial charge in [0.15, 0.2) is 0 Å². The van der Waals surface area contributed by atoms with Crippen molar-refractivity contribution in [1.82, 2.24) is 0 Å². The Morgan fingerprint density at radius 1 is 1.35 bits per heavy atom. The molecule has 4 heteroatoms. The van der Waals surface area contributed by atoms with Crippen LogP contribution in [0.25, 0.3) is 0 Å². The van der Waals surface area contributed by atoms with E-state index in [2.05, 4.69) is 51.7 Å². The van der Waals surface area contributed by atoms with Crippen LogP contribution < -0.4 is 5.32 Å². The van der Waals surface area contributed by atoms with Gasteiger partial charge in [-0.1, -0.05) is 28.9 Å². The molecule has 0 bridgehead atoms. The number of rotatable bonds is 6. The molecule has 20 heavy (non-hydrogen) atoms. The van der Waals surface area contributed by atoms with Crippen molar-refractivity contribution in [3.8, 4) is 0 Å². The third kappa shape index (κ3) is 4.46. The van der Waals surface area contributed by atoms with Gasteiger partial charge in [0.1, 0.15) is 0 Å². The molecule has 0 radical (unpaired) electrons. The average Bonchev–Trinajstić information content (AvgIpc) is 2.94. The predicted molar refractivity (Wildman–Crippen MR) is 89.4 cm³/mol. The third-order valence-corrected chi connectivity index (χ3v) is 4.56. The summed E-state index contributed by atoms with van der Waals surface area (Å²) in [5.74, 6) is 0.0959. The fourth-order valence-electron chi connectivity index (χ4n) is 2.07. The summed E-state index contributed by atoms with van der Waals surface area (Å²) in [6.07, 6.45) is 3.34. The number of carbonyl (C=O) groups is 1. The number of halogens is 1. The monoisotopic (exact) mass is 351 g/mol. The van der Waals surface area contributed by atoms with E-state index >= 15 is 0 Å². The molecule has 1 heterocycles. The largest absolute Gasteiger partial charge is 0.326 e. The van der Waals surface area contributed by atoms with Gasteiger partial charge in [0.2, 0.25) is 5.91 Å². The minimum Gasteiger partial charge on any atom is -0.326 e. The Hall–Kier alpha value is -1.13. The van der Waals surface area contributed by atoms with Crippen LogP contribution in [-0.4, -0.2) is 5.91 Å². The van der Waals surface area contributed by atoms with Gasteiger partial charge in [0.05, 0.1) is 0 Å². The van der Waals surface area contributed by atoms with E-state index in [9.17, 15) is 4.79 Å². The van der Waals surface area contributed by atoms with Crippen molar-refractivity contribution in [3.63, 3.8) is 0 Å². The maximum absolute atomic E-state index is 12.0. The molecule has 0 atom stereocenters. The van der Waals surface area contributed by atoms with Crippen molar-refractivity contribution in [3.05, 3.63) is 50.6 Å². The molecule has 1 aromatic carbocycles. The van der Waals surface area contributed by atoms with E-state index in [1.165, 1.54) is 4.88 Å². The molecule has 0 aliphatic carbocycles. The van der Waals surface area contributed by atoms with Gasteiger partial charge in [-0.2, -0.15) is 0 Å². The maximum Gasteiger partial charge on any atom is 0.224 e. The highest BCUT2D eigenvalue weighted by Crippen LogP contribution is 2.22. The Morgan fingerprint density at radius 2 is 2.20 bits per heavy atom. The van der Waals surface area contributed by atoms with Gasteiger partial charge in [0.25, 0.3) is 0 Å². The summed E-state index contributed by atoms with van der Waals surface area (Å²) in [6.45, 7) is 2.09. The molecule has 0 spiro atoms. The summed E-state index contributed by atoms with van der Waals surface area (Å²) >= 11 is 5.21. The van der Waals surface area contributed by atoms with E-state index < -0.39 is 0 Å². The molecular weight excluding hydrogens is 334 g/mol. The van der Waals surface area contributed by atoms with E-state index in [0.29, 0.717) is 6.42 Å². The summed E-state index contributed by atoms with van der Waals surface area (Å²) in [5, 5.41) is 5.09. The van der Waals surface area contributed by atoms with Crippen LogP contribution in [0.3, 0.4) is 0 Å². The van der Waals surface area contributed by atoms with Gasteiger partial charge in [-0.05, 0) is 54.5 Å². The lowest BCUT2D eigenvalue weighted by Gasteiger charge is -2.10. The molecular formula is C16H18BrNOS. The van der Waals surface area contributed by atoms with E-state index in [-0.39, 0.29) is 5.91 Å². The Morgan fingerprint density at radius 3 is 2.90 bits per heavy atom. The van der Waals surface area contributed by atoms with Gasteiger partial charge in [0, 0.05) is 21.5 Å². The highest BCUT2D eigenvalue weighted by Gasteiger charge is 2.07. The Kier molecular flexibility index (Phi) is 5.80. The van der Waals surface area contributed by atoms with Gasteiger partial charge < -0.3 is 5.32 Å². The number of nitrogens with one attached hydrogen (secondary N) is 1. The fraction of sp³-hybridized carbons (Fsp3) is 0.312. The average molecular weight is 352 g/mol. The van der Waals surface area contributed by atoms with Gasteiger partial charge in [-0.15, -0.1) is 11.3 Å². The summed E-state index contributed by atoms with van der Waals surface area (Å²) < 4.78 is 1.05. The first-order valence-electron chi connectivity index (χ1n) is 6.79. The van der Waals surface area contributed by atoms with E-state index in [1.807, 2.05) is 12.1 Å². The quantitative estimate of drug-likeness (QED) is 0.776. The van der Waals surface area contributed by atoms with Crippen LogP contribution >= 0.6 is 27.3 Å². The number of thiophene rings is 1. The minimum absolute atomic E-state index is 0.0959. The summed E-state index contributed by atoms with van der Waals surface area (Å²) in [6, 6.07) is 10.1. The van der Waals surface area contributed by atoms with Crippen molar-refractivity contribution < 1.29 is 4.79 Å². The van der Waals surface area contributed by atoms with Crippen LogP contribution in [0.5, 0.6) is 0 Å². The number of carbonyl (C=O) groups excluding carboxylic acids is 1. The predicted octanol–water partition coefficient (Wildman–Crippen LogP) is 5.03. The van der Waals surface area contributed by atoms with E-state index in [0.717, 1.165) is 35.0 Å². The molecule has 2 nitrogen and oxygen atoms in total. The van der Waals surface area contributed by atoms with Crippen molar-refractivity contribution in [2.45, 2.75) is 32.6 Å². The summed E-state index contributed by atoms with van der Waals surface area (Å²) in [4.78, 5) is 13.3. The zero-order valence-corrected chi connectivity index (χ0v) is 13.9. The van der Waals surface area contributed by atoms with Crippen molar-refractivity contribution >= 4 is 38.9 Å². The highest BCUT2D eigenvalue weighted by molar-refractivity contribution is 9.10. The number of hydrogen-bond acceptors (Lipinski definition) is 2. The van der Waals surface area contributed by atoms with Crippen LogP contribution in [0.15, 0.2) is 40.2 Å². The molecule has 0 unspecified atom stereocenters. The summed E-state index contributed by atoms with van der Waals surface area (Å²) in [7, 11) is 0. The lowest BCUT2D eigenvalue weighted by atomic mass is 10.1. The maximum atomic E-state index is 12.0. The Balaban J connectivity index is 1.85. The molecule has 0 fully saturated rings. The number of benzene rings is 1. The van der Waals surface area contributed by atoms with Crippen LogP contribution in [0.2, 0.25) is 0 Å². The molecule has 106 valence electrons. The molecule has 2 aromatic rings. The first-order chi connectivity index (χ1) is 9.69. The standard InChI is InChI=1S/C16H18BrNOS/c1-2-12-11-13(17)8-9-15(12)18-16(19)7-3-5-14-6-4-10-20-14/h4,6,8-11H,2-3,5,7H2,1H3,(H,18,19). The lowest BCUT2D eigenvalue weighted by Crippen LogP contribution is -2.12. The van der Waals surface area contributed by atoms with Gasteiger partial charge >= 0.3 is 0 Å². The molecule has 0 saturated carbocycles. The normalized spacial score (nSPS) is 10.5. The number of anilines is 1. The number of amides is 1. The van der Waals surface area contributed by atoms with Gasteiger partial charge in [-0.25, -0.2) is 0 Å². The van der Waals surface area contributed by atoms with Crippen LogP contribution in [-0.2, 0) is 17.6 Å². The first kappa shape index (κ1) is 15.3. The van der Waals surface area contributed by atoms with Crippen LogP contribution in [0.1, 0.15) is 30.2 Å². The lowest BCUT2D eigenvalue weighted by molar-refractivity contribution is -0.116. The second-order valence-corrected chi connectivity index (χ2v) is 6.58. The second kappa shape index (κ2) is 7.60. The highest BCUT2D eigenvalue weighted by atomic mass is 79.9. The van der Waals surface area contributed by atoms with Crippen LogP contribution in [0.4, 0.5) is 5.69 Å². The zero-order chi connectivity index (χ0) is 14.4. The minimum atomic E-state index is 0.0959. The third-order valence-electron chi connectivity index (χ3n) is 3.13. The second-order valence-electron chi connectivity index (χ2n) is 4.64. The molecule has 0 saturated heterocycles. The number of hydrogen-bond donors (Lipinski definition) is 1. The van der Waals surface area contributed by atoms with Gasteiger partial charge in [-0.3, -0.25) is 4.79 Å². The first-order valence-corrected chi connectivity index (χ1v) is 8.47. The van der Waals surface area contributed by atoms with Crippen molar-refractivity contribution in [2.75, 3.05) is 5.32 Å². The van der Waals surface area contributed by atoms with Crippen LogP contribution in [0, 0.1) is 0 Å². The van der Waals surface area contributed by atoms with Crippen molar-refractivity contribution in [1.29, 1.82) is 0 Å². The molecule has 0 aliphatic rings. The molecule has 2 rings (SSSR count). The zero-order valence-electron chi connectivity index (χ0n) is 11.5. The topological polar surface area (TPSA) is 29.1 Å². The SMILES string of the molecule is CCc1cc(Br)ccc1NC(=O)CCCc1cccs1. The Bertz CT molecular complexity index is 566. The molecule has 1 N–H and O–H groups in total. The summed E-state index contributed by atoms with van der Waals surface area (Å²) in [5.41, 5.74) is 2.09. The fourth-order valence-corrected chi connectivity index (χ4v) is 3.23. The number of aryl methyl sites for hydroxylation is 2.